The number of hydrogen-bond acceptors (Lipinski definition) is 5. The summed E-state index contributed by atoms with van der Waals surface area (Å²) in [6, 6.07) is 9.72. The van der Waals surface area contributed by atoms with Crippen LogP contribution >= 0.6 is 0 Å². The van der Waals surface area contributed by atoms with E-state index in [1.165, 1.54) is 12.3 Å². The highest BCUT2D eigenvalue weighted by atomic mass is 32.2. The van der Waals surface area contributed by atoms with Gasteiger partial charge in [-0.15, -0.1) is 0 Å². The number of hydrogen-bond donors (Lipinski definition) is 2. The SMILES string of the molecule is CCOc1cccc(NS(=O)(=O)c2ncccc2N)c1. The summed E-state index contributed by atoms with van der Waals surface area (Å²) >= 11 is 0. The zero-order valence-corrected chi connectivity index (χ0v) is 11.7. The number of nitrogens with zero attached hydrogens (tertiary/aromatic N) is 1. The maximum atomic E-state index is 12.2. The van der Waals surface area contributed by atoms with Crippen LogP contribution in [-0.4, -0.2) is 20.0 Å². The van der Waals surface area contributed by atoms with Gasteiger partial charge in [-0.05, 0) is 31.2 Å². The fourth-order valence-electron chi connectivity index (χ4n) is 1.65. The largest absolute Gasteiger partial charge is 0.494 e. The third-order valence-electron chi connectivity index (χ3n) is 2.45. The molecule has 0 bridgehead atoms. The van der Waals surface area contributed by atoms with Crippen molar-refractivity contribution in [2.24, 2.45) is 0 Å². The van der Waals surface area contributed by atoms with Gasteiger partial charge >= 0.3 is 0 Å². The average molecular weight is 293 g/mol. The van der Waals surface area contributed by atoms with Gasteiger partial charge in [-0.3, -0.25) is 4.72 Å². The topological polar surface area (TPSA) is 94.3 Å². The predicted octanol–water partition coefficient (Wildman–Crippen LogP) is 1.86. The van der Waals surface area contributed by atoms with Gasteiger partial charge in [-0.2, -0.15) is 8.42 Å². The molecule has 1 aromatic carbocycles. The molecule has 2 aromatic rings. The number of anilines is 2. The quantitative estimate of drug-likeness (QED) is 0.877. The number of benzene rings is 1. The van der Waals surface area contributed by atoms with E-state index in [-0.39, 0.29) is 10.7 Å². The fraction of sp³-hybridized carbons (Fsp3) is 0.154. The van der Waals surface area contributed by atoms with Crippen molar-refractivity contribution >= 4 is 21.4 Å². The zero-order chi connectivity index (χ0) is 14.6. The molecule has 0 amide bonds. The minimum absolute atomic E-state index is 0.0981. The number of sulfonamides is 1. The van der Waals surface area contributed by atoms with Crippen LogP contribution in [0.5, 0.6) is 5.75 Å². The van der Waals surface area contributed by atoms with Gasteiger partial charge in [0.25, 0.3) is 10.0 Å². The van der Waals surface area contributed by atoms with Crippen molar-refractivity contribution in [3.05, 3.63) is 42.6 Å². The molecule has 0 aliphatic rings. The van der Waals surface area contributed by atoms with Crippen molar-refractivity contribution in [1.82, 2.24) is 4.98 Å². The molecule has 0 fully saturated rings. The van der Waals surface area contributed by atoms with Crippen molar-refractivity contribution in [2.75, 3.05) is 17.1 Å². The lowest BCUT2D eigenvalue weighted by Crippen LogP contribution is -2.16. The van der Waals surface area contributed by atoms with Gasteiger partial charge in [-0.25, -0.2) is 4.98 Å². The Bertz CT molecular complexity index is 702. The Morgan fingerprint density at radius 3 is 2.80 bits per heavy atom. The van der Waals surface area contributed by atoms with Crippen molar-refractivity contribution in [3.8, 4) is 5.75 Å². The summed E-state index contributed by atoms with van der Waals surface area (Å²) in [6.45, 7) is 2.36. The molecule has 3 N–H and O–H groups in total. The Morgan fingerprint density at radius 1 is 1.30 bits per heavy atom. The molecule has 106 valence electrons. The number of ether oxygens (including phenoxy) is 1. The number of nitrogen functional groups attached to an aromatic ring is 1. The van der Waals surface area contributed by atoms with E-state index in [1.807, 2.05) is 6.92 Å². The molecular formula is C13H15N3O3S. The lowest BCUT2D eigenvalue weighted by atomic mass is 10.3. The second-order valence-corrected chi connectivity index (χ2v) is 5.56. The minimum atomic E-state index is -3.82. The van der Waals surface area contributed by atoms with Crippen molar-refractivity contribution in [1.29, 1.82) is 0 Å². The first-order chi connectivity index (χ1) is 9.53. The standard InChI is InChI=1S/C13H15N3O3S/c1-2-19-11-6-3-5-10(9-11)16-20(17,18)13-12(14)7-4-8-15-13/h3-9,16H,2,14H2,1H3. The van der Waals surface area contributed by atoms with Gasteiger partial charge in [0.2, 0.25) is 0 Å². The van der Waals surface area contributed by atoms with Crippen LogP contribution in [0.25, 0.3) is 0 Å². The molecule has 0 aliphatic heterocycles. The molecule has 6 nitrogen and oxygen atoms in total. The molecule has 1 heterocycles. The summed E-state index contributed by atoms with van der Waals surface area (Å²) in [5.74, 6) is 0.585. The Morgan fingerprint density at radius 2 is 2.10 bits per heavy atom. The Kier molecular flexibility index (Phi) is 4.09. The number of aromatic nitrogens is 1. The van der Waals surface area contributed by atoms with Gasteiger partial charge in [-0.1, -0.05) is 6.07 Å². The van der Waals surface area contributed by atoms with Crippen LogP contribution in [0.2, 0.25) is 0 Å². The fourth-order valence-corrected chi connectivity index (χ4v) is 2.76. The number of pyridine rings is 1. The minimum Gasteiger partial charge on any atom is -0.494 e. The average Bonchev–Trinajstić information content (AvgIpc) is 2.39. The van der Waals surface area contributed by atoms with Crippen molar-refractivity contribution in [3.63, 3.8) is 0 Å². The van der Waals surface area contributed by atoms with Gasteiger partial charge in [0.1, 0.15) is 5.75 Å². The third-order valence-corrected chi connectivity index (χ3v) is 3.81. The van der Waals surface area contributed by atoms with E-state index >= 15 is 0 Å². The van der Waals surface area contributed by atoms with Gasteiger partial charge in [0, 0.05) is 12.3 Å². The summed E-state index contributed by atoms with van der Waals surface area (Å²) in [5, 5.41) is -0.193. The molecule has 0 atom stereocenters. The van der Waals surface area contributed by atoms with Crippen LogP contribution < -0.4 is 15.2 Å². The highest BCUT2D eigenvalue weighted by Gasteiger charge is 2.18. The van der Waals surface area contributed by atoms with E-state index < -0.39 is 10.0 Å². The predicted molar refractivity (Wildman–Crippen MR) is 77.1 cm³/mol. The molecule has 7 heteroatoms. The van der Waals surface area contributed by atoms with E-state index in [9.17, 15) is 8.42 Å². The van der Waals surface area contributed by atoms with E-state index in [1.54, 1.807) is 30.3 Å². The Hall–Kier alpha value is -2.28. The van der Waals surface area contributed by atoms with Gasteiger partial charge in [0.05, 0.1) is 18.0 Å². The van der Waals surface area contributed by atoms with Crippen molar-refractivity contribution < 1.29 is 13.2 Å². The molecule has 0 aliphatic carbocycles. The number of rotatable bonds is 5. The van der Waals surface area contributed by atoms with Crippen LogP contribution in [-0.2, 0) is 10.0 Å². The smallest absolute Gasteiger partial charge is 0.281 e. The van der Waals surface area contributed by atoms with Gasteiger partial charge < -0.3 is 10.5 Å². The molecule has 0 unspecified atom stereocenters. The molecule has 0 saturated carbocycles. The Balaban J connectivity index is 2.29. The highest BCUT2D eigenvalue weighted by Crippen LogP contribution is 2.22. The first-order valence-electron chi connectivity index (χ1n) is 5.99. The lowest BCUT2D eigenvalue weighted by molar-refractivity contribution is 0.340. The maximum absolute atomic E-state index is 12.2. The number of nitrogens with one attached hydrogen (secondary N) is 1. The Labute approximate surface area is 117 Å². The second-order valence-electron chi connectivity index (χ2n) is 3.96. The molecular weight excluding hydrogens is 278 g/mol. The van der Waals surface area contributed by atoms with Crippen LogP contribution in [0.1, 0.15) is 6.92 Å². The molecule has 2 rings (SSSR count). The van der Waals surface area contributed by atoms with Crippen LogP contribution in [0.15, 0.2) is 47.6 Å². The first kappa shape index (κ1) is 14.1. The molecule has 0 spiro atoms. The van der Waals surface area contributed by atoms with E-state index in [0.29, 0.717) is 18.0 Å². The second kappa shape index (κ2) is 5.79. The number of nitrogens with two attached hydrogens (primary N) is 1. The third kappa shape index (κ3) is 3.18. The monoisotopic (exact) mass is 293 g/mol. The summed E-state index contributed by atoms with van der Waals surface area (Å²) < 4.78 is 32.1. The van der Waals surface area contributed by atoms with E-state index in [4.69, 9.17) is 10.5 Å². The highest BCUT2D eigenvalue weighted by molar-refractivity contribution is 7.92. The van der Waals surface area contributed by atoms with Crippen LogP contribution in [0.4, 0.5) is 11.4 Å². The lowest BCUT2D eigenvalue weighted by Gasteiger charge is -2.10. The van der Waals surface area contributed by atoms with Crippen LogP contribution in [0.3, 0.4) is 0 Å². The summed E-state index contributed by atoms with van der Waals surface area (Å²) in [5.41, 5.74) is 6.12. The molecule has 0 radical (unpaired) electrons. The van der Waals surface area contributed by atoms with E-state index in [0.717, 1.165) is 0 Å². The molecule has 1 aromatic heterocycles. The first-order valence-corrected chi connectivity index (χ1v) is 7.47. The zero-order valence-electron chi connectivity index (χ0n) is 10.9. The van der Waals surface area contributed by atoms with Crippen molar-refractivity contribution in [2.45, 2.75) is 11.9 Å². The summed E-state index contributed by atoms with van der Waals surface area (Å²) in [7, 11) is -3.82. The summed E-state index contributed by atoms with van der Waals surface area (Å²) in [4.78, 5) is 3.80. The normalized spacial score (nSPS) is 11.1. The molecule has 0 saturated heterocycles. The molecule has 20 heavy (non-hydrogen) atoms. The van der Waals surface area contributed by atoms with Gasteiger partial charge in [0.15, 0.2) is 5.03 Å². The maximum Gasteiger partial charge on any atom is 0.281 e. The van der Waals surface area contributed by atoms with E-state index in [2.05, 4.69) is 9.71 Å². The summed E-state index contributed by atoms with van der Waals surface area (Å²) in [6.07, 6.45) is 1.38. The van der Waals surface area contributed by atoms with Crippen LogP contribution in [0, 0.1) is 0 Å².